The van der Waals surface area contributed by atoms with E-state index < -0.39 is 0 Å². The van der Waals surface area contributed by atoms with Gasteiger partial charge in [-0.05, 0) is 36.3 Å². The quantitative estimate of drug-likeness (QED) is 0.569. The van der Waals surface area contributed by atoms with E-state index in [1.165, 1.54) is 5.57 Å². The predicted molar refractivity (Wildman–Crippen MR) is 114 cm³/mol. The van der Waals surface area contributed by atoms with Crippen molar-refractivity contribution in [3.63, 3.8) is 0 Å². The highest BCUT2D eigenvalue weighted by Gasteiger charge is 2.26. The number of hydrazine groups is 1. The normalized spacial score (nSPS) is 15.9. The lowest BCUT2D eigenvalue weighted by atomic mass is 9.81. The van der Waals surface area contributed by atoms with Gasteiger partial charge in [-0.1, -0.05) is 60.1 Å². The summed E-state index contributed by atoms with van der Waals surface area (Å²) >= 11 is 0. The Morgan fingerprint density at radius 2 is 1.79 bits per heavy atom. The molecular weight excluding hydrogens is 352 g/mol. The molecule has 1 unspecified atom stereocenters. The third-order valence-corrected chi connectivity index (χ3v) is 5.28. The van der Waals surface area contributed by atoms with Crippen LogP contribution >= 0.6 is 0 Å². The number of nitrogens with one attached hydrogen (secondary N) is 2. The van der Waals surface area contributed by atoms with Crippen molar-refractivity contribution in [2.24, 2.45) is 10.8 Å². The second-order valence-corrected chi connectivity index (χ2v) is 9.51. The van der Waals surface area contributed by atoms with Gasteiger partial charge in [0, 0.05) is 17.2 Å². The van der Waals surface area contributed by atoms with Crippen LogP contribution in [0.15, 0.2) is 23.8 Å². The molecule has 0 spiro atoms. The molecule has 0 aromatic heterocycles. The monoisotopic (exact) mass is 388 g/mol. The Hall–Kier alpha value is -2.01. The molecule has 0 fully saturated rings. The number of amides is 1. The molecule has 2 N–H and O–H groups in total. The summed E-state index contributed by atoms with van der Waals surface area (Å²) in [4.78, 5) is 12.9. The standard InChI is InChI=1S/C23H36N2O3/c1-9-16-17(10-11-18-20(16)28-13-12-27-18)21(26)25-24-19(23(6,7)8)14-15(2)22(3,4)5/h10-11,14,19,24H,9,12-13H2,1-8H3,(H,25,26). The van der Waals surface area contributed by atoms with Gasteiger partial charge in [0.05, 0.1) is 0 Å². The van der Waals surface area contributed by atoms with Crippen molar-refractivity contribution in [2.75, 3.05) is 13.2 Å². The maximum Gasteiger partial charge on any atom is 0.265 e. The summed E-state index contributed by atoms with van der Waals surface area (Å²) < 4.78 is 11.4. The first-order valence-electron chi connectivity index (χ1n) is 10.1. The van der Waals surface area contributed by atoms with Crippen molar-refractivity contribution < 1.29 is 14.3 Å². The molecule has 0 bridgehead atoms. The number of benzene rings is 1. The van der Waals surface area contributed by atoms with Crippen molar-refractivity contribution in [3.8, 4) is 11.5 Å². The molecule has 1 amide bonds. The molecule has 5 nitrogen and oxygen atoms in total. The van der Waals surface area contributed by atoms with E-state index in [1.807, 2.05) is 19.1 Å². The predicted octanol–water partition coefficient (Wildman–Crippen LogP) is 4.66. The SMILES string of the molecule is CCc1c(C(=O)NNC(C=C(C)C(C)(C)C)C(C)(C)C)ccc2c1OCCO2. The number of carbonyl (C=O) groups excluding carboxylic acids is 1. The summed E-state index contributed by atoms with van der Waals surface area (Å²) in [6, 6.07) is 3.62. The Labute approximate surface area is 169 Å². The fraction of sp³-hybridized carbons (Fsp3) is 0.609. The van der Waals surface area contributed by atoms with Crippen LogP contribution in [0.1, 0.15) is 71.3 Å². The minimum Gasteiger partial charge on any atom is -0.486 e. The Bertz CT molecular complexity index is 739. The third-order valence-electron chi connectivity index (χ3n) is 5.28. The first-order chi connectivity index (χ1) is 12.9. The molecule has 156 valence electrons. The van der Waals surface area contributed by atoms with Gasteiger partial charge in [-0.25, -0.2) is 5.43 Å². The van der Waals surface area contributed by atoms with Gasteiger partial charge in [-0.3, -0.25) is 10.2 Å². The maximum atomic E-state index is 12.9. The average Bonchev–Trinajstić information content (AvgIpc) is 2.61. The molecule has 0 saturated heterocycles. The molecule has 1 atom stereocenters. The van der Waals surface area contributed by atoms with E-state index in [1.54, 1.807) is 0 Å². The summed E-state index contributed by atoms with van der Waals surface area (Å²) in [5.41, 5.74) is 8.96. The van der Waals surface area contributed by atoms with Crippen LogP contribution in [0.4, 0.5) is 0 Å². The van der Waals surface area contributed by atoms with Crippen LogP contribution in [0.5, 0.6) is 11.5 Å². The van der Waals surface area contributed by atoms with Gasteiger partial charge < -0.3 is 9.47 Å². The highest BCUT2D eigenvalue weighted by Crippen LogP contribution is 2.36. The fourth-order valence-electron chi connectivity index (χ4n) is 2.96. The molecule has 1 aromatic carbocycles. The smallest absolute Gasteiger partial charge is 0.265 e. The number of rotatable bonds is 5. The summed E-state index contributed by atoms with van der Waals surface area (Å²) in [5.74, 6) is 1.24. The Morgan fingerprint density at radius 1 is 1.14 bits per heavy atom. The lowest BCUT2D eigenvalue weighted by Crippen LogP contribution is -2.49. The second-order valence-electron chi connectivity index (χ2n) is 9.51. The van der Waals surface area contributed by atoms with Gasteiger partial charge in [-0.15, -0.1) is 0 Å². The van der Waals surface area contributed by atoms with Crippen molar-refractivity contribution in [1.29, 1.82) is 0 Å². The number of fused-ring (bicyclic) bond motifs is 1. The van der Waals surface area contributed by atoms with E-state index in [2.05, 4.69) is 65.4 Å². The van der Waals surface area contributed by atoms with Crippen molar-refractivity contribution >= 4 is 5.91 Å². The molecule has 1 aliphatic rings. The van der Waals surface area contributed by atoms with Gasteiger partial charge in [0.15, 0.2) is 11.5 Å². The van der Waals surface area contributed by atoms with Gasteiger partial charge in [-0.2, -0.15) is 0 Å². The first-order valence-corrected chi connectivity index (χ1v) is 10.1. The summed E-state index contributed by atoms with van der Waals surface area (Å²) in [7, 11) is 0. The highest BCUT2D eigenvalue weighted by molar-refractivity contribution is 5.96. The van der Waals surface area contributed by atoms with Gasteiger partial charge >= 0.3 is 0 Å². The molecule has 1 aromatic rings. The topological polar surface area (TPSA) is 59.6 Å². The zero-order valence-electron chi connectivity index (χ0n) is 18.7. The van der Waals surface area contributed by atoms with Gasteiger partial charge in [0.1, 0.15) is 13.2 Å². The van der Waals surface area contributed by atoms with Gasteiger partial charge in [0.2, 0.25) is 0 Å². The number of ether oxygens (including phenoxy) is 2. The molecule has 28 heavy (non-hydrogen) atoms. The van der Waals surface area contributed by atoms with Crippen LogP contribution in [-0.4, -0.2) is 25.2 Å². The largest absolute Gasteiger partial charge is 0.486 e. The lowest BCUT2D eigenvalue weighted by Gasteiger charge is -2.32. The first kappa shape index (κ1) is 22.3. The van der Waals surface area contributed by atoms with Crippen LogP contribution < -0.4 is 20.3 Å². The summed E-state index contributed by atoms with van der Waals surface area (Å²) in [6.45, 7) is 18.3. The fourth-order valence-corrected chi connectivity index (χ4v) is 2.96. The van der Waals surface area contributed by atoms with Gasteiger partial charge in [0.25, 0.3) is 5.91 Å². The molecule has 0 saturated carbocycles. The van der Waals surface area contributed by atoms with E-state index in [-0.39, 0.29) is 22.8 Å². The van der Waals surface area contributed by atoms with Crippen molar-refractivity contribution in [1.82, 2.24) is 10.9 Å². The minimum atomic E-state index is -0.162. The Kier molecular flexibility index (Phi) is 6.81. The van der Waals surface area contributed by atoms with Crippen LogP contribution in [0, 0.1) is 10.8 Å². The van der Waals surface area contributed by atoms with Crippen LogP contribution in [0.2, 0.25) is 0 Å². The minimum absolute atomic E-state index is 0.00189. The molecule has 1 heterocycles. The maximum absolute atomic E-state index is 12.9. The van der Waals surface area contributed by atoms with E-state index >= 15 is 0 Å². The Balaban J connectivity index is 2.22. The van der Waals surface area contributed by atoms with E-state index in [0.717, 1.165) is 5.56 Å². The van der Waals surface area contributed by atoms with Crippen LogP contribution in [0.25, 0.3) is 0 Å². The zero-order chi connectivity index (χ0) is 21.1. The summed E-state index contributed by atoms with van der Waals surface area (Å²) in [6.07, 6.45) is 2.91. The highest BCUT2D eigenvalue weighted by atomic mass is 16.6. The Morgan fingerprint density at radius 3 is 2.36 bits per heavy atom. The number of hydrogen-bond acceptors (Lipinski definition) is 4. The molecule has 0 radical (unpaired) electrons. The third kappa shape index (κ3) is 5.28. The number of carbonyl (C=O) groups is 1. The molecule has 0 aliphatic carbocycles. The molecule has 1 aliphatic heterocycles. The molecule has 5 heteroatoms. The average molecular weight is 389 g/mol. The second kappa shape index (κ2) is 8.56. The van der Waals surface area contributed by atoms with Crippen molar-refractivity contribution in [3.05, 3.63) is 34.9 Å². The zero-order valence-corrected chi connectivity index (χ0v) is 18.7. The van der Waals surface area contributed by atoms with Crippen LogP contribution in [-0.2, 0) is 6.42 Å². The van der Waals surface area contributed by atoms with Crippen LogP contribution in [0.3, 0.4) is 0 Å². The van der Waals surface area contributed by atoms with E-state index in [9.17, 15) is 4.79 Å². The molecular formula is C23H36N2O3. The molecule has 2 rings (SSSR count). The number of allylic oxidation sites excluding steroid dienone is 1. The summed E-state index contributed by atoms with van der Waals surface area (Å²) in [5, 5.41) is 0. The van der Waals surface area contributed by atoms with Crippen molar-refractivity contribution in [2.45, 2.75) is 67.9 Å². The van der Waals surface area contributed by atoms with E-state index in [4.69, 9.17) is 9.47 Å². The number of hydrogen-bond donors (Lipinski definition) is 2. The van der Waals surface area contributed by atoms with E-state index in [0.29, 0.717) is 36.7 Å². The lowest BCUT2D eigenvalue weighted by molar-refractivity contribution is 0.0914.